The molecule has 0 N–H and O–H groups in total. The third-order valence-electron chi connectivity index (χ3n) is 2.29. The first-order valence-corrected chi connectivity index (χ1v) is 3.75. The first kappa shape index (κ1) is 8.11. The van der Waals surface area contributed by atoms with E-state index in [-0.39, 0.29) is 24.2 Å². The number of nitrogens with zero attached hydrogens (tertiary/aromatic N) is 1. The molecule has 3 nitrogen and oxygen atoms in total. The standard InChI is InChI=1S/C8H11NO2/c1-2-8(10)7-4-3-6(7)5-9-11/h2,6-7H,1,3-5H2/t6-,7-/m0/s1. The maximum Gasteiger partial charge on any atom is 0.158 e. The van der Waals surface area contributed by atoms with Gasteiger partial charge in [-0.25, -0.2) is 0 Å². The molecule has 0 saturated heterocycles. The number of ketones is 1. The van der Waals surface area contributed by atoms with Crippen LogP contribution in [0, 0.1) is 16.7 Å². The van der Waals surface area contributed by atoms with E-state index < -0.39 is 0 Å². The fourth-order valence-corrected chi connectivity index (χ4v) is 1.41. The molecule has 0 aromatic rings. The van der Waals surface area contributed by atoms with E-state index in [1.165, 1.54) is 6.08 Å². The highest BCUT2D eigenvalue weighted by Gasteiger charge is 2.34. The lowest BCUT2D eigenvalue weighted by atomic mass is 9.71. The van der Waals surface area contributed by atoms with Crippen LogP contribution in [-0.4, -0.2) is 12.3 Å². The van der Waals surface area contributed by atoms with Crippen LogP contribution in [0.5, 0.6) is 0 Å². The monoisotopic (exact) mass is 153 g/mol. The molecule has 1 aliphatic rings. The minimum absolute atomic E-state index is 0.0326. The van der Waals surface area contributed by atoms with Gasteiger partial charge in [-0.1, -0.05) is 11.8 Å². The summed E-state index contributed by atoms with van der Waals surface area (Å²) in [5.41, 5.74) is 0. The second-order valence-electron chi connectivity index (χ2n) is 2.86. The predicted molar refractivity (Wildman–Crippen MR) is 42.1 cm³/mol. The molecule has 1 rings (SSSR count). The highest BCUT2D eigenvalue weighted by atomic mass is 16.3. The van der Waals surface area contributed by atoms with Crippen LogP contribution >= 0.6 is 0 Å². The zero-order valence-electron chi connectivity index (χ0n) is 6.32. The van der Waals surface area contributed by atoms with Gasteiger partial charge in [-0.15, -0.1) is 0 Å². The van der Waals surface area contributed by atoms with Gasteiger partial charge in [-0.3, -0.25) is 4.79 Å². The van der Waals surface area contributed by atoms with E-state index in [0.29, 0.717) is 0 Å². The third-order valence-corrected chi connectivity index (χ3v) is 2.29. The number of nitroso groups, excluding NO2 is 1. The van der Waals surface area contributed by atoms with Gasteiger partial charge in [0.25, 0.3) is 0 Å². The lowest BCUT2D eigenvalue weighted by Gasteiger charge is -2.32. The van der Waals surface area contributed by atoms with Gasteiger partial charge in [0.15, 0.2) is 5.78 Å². The van der Waals surface area contributed by atoms with Gasteiger partial charge in [-0.2, -0.15) is 4.91 Å². The molecule has 11 heavy (non-hydrogen) atoms. The van der Waals surface area contributed by atoms with Crippen molar-refractivity contribution in [2.24, 2.45) is 17.0 Å². The third kappa shape index (κ3) is 1.53. The van der Waals surface area contributed by atoms with E-state index in [0.717, 1.165) is 12.8 Å². The number of carbonyl (C=O) groups is 1. The van der Waals surface area contributed by atoms with Crippen LogP contribution in [-0.2, 0) is 4.79 Å². The van der Waals surface area contributed by atoms with E-state index in [1.54, 1.807) is 0 Å². The van der Waals surface area contributed by atoms with Gasteiger partial charge in [0.2, 0.25) is 0 Å². The van der Waals surface area contributed by atoms with E-state index in [4.69, 9.17) is 0 Å². The van der Waals surface area contributed by atoms with Gasteiger partial charge >= 0.3 is 0 Å². The molecule has 1 aliphatic carbocycles. The van der Waals surface area contributed by atoms with E-state index in [9.17, 15) is 9.70 Å². The highest BCUT2D eigenvalue weighted by molar-refractivity contribution is 5.92. The minimum Gasteiger partial charge on any atom is -0.295 e. The quantitative estimate of drug-likeness (QED) is 0.454. The predicted octanol–water partition coefficient (Wildman–Crippen LogP) is 1.53. The molecule has 60 valence electrons. The van der Waals surface area contributed by atoms with Crippen LogP contribution in [0.4, 0.5) is 0 Å². The lowest BCUT2D eigenvalue weighted by molar-refractivity contribution is -0.122. The van der Waals surface area contributed by atoms with Crippen LogP contribution in [0.15, 0.2) is 17.8 Å². The fraction of sp³-hybridized carbons (Fsp3) is 0.625. The molecule has 0 aliphatic heterocycles. The second-order valence-corrected chi connectivity index (χ2v) is 2.86. The summed E-state index contributed by atoms with van der Waals surface area (Å²) in [5.74, 6) is 0.285. The first-order valence-electron chi connectivity index (χ1n) is 3.75. The summed E-state index contributed by atoms with van der Waals surface area (Å²) in [6, 6.07) is 0. The smallest absolute Gasteiger partial charge is 0.158 e. The Balaban J connectivity index is 2.42. The Morgan fingerprint density at radius 2 is 2.36 bits per heavy atom. The average Bonchev–Trinajstić information content (AvgIpc) is 1.98. The number of hydrogen-bond donors (Lipinski definition) is 0. The maximum atomic E-state index is 11.0. The van der Waals surface area contributed by atoms with E-state index >= 15 is 0 Å². The van der Waals surface area contributed by atoms with Crippen molar-refractivity contribution in [3.8, 4) is 0 Å². The topological polar surface area (TPSA) is 46.5 Å². The molecular formula is C8H11NO2. The van der Waals surface area contributed by atoms with E-state index in [2.05, 4.69) is 11.8 Å². The van der Waals surface area contributed by atoms with Crippen molar-refractivity contribution in [2.45, 2.75) is 12.8 Å². The fourth-order valence-electron chi connectivity index (χ4n) is 1.41. The summed E-state index contributed by atoms with van der Waals surface area (Å²) in [6.07, 6.45) is 3.18. The summed E-state index contributed by atoms with van der Waals surface area (Å²) >= 11 is 0. The van der Waals surface area contributed by atoms with Crippen molar-refractivity contribution in [1.82, 2.24) is 0 Å². The molecule has 2 atom stereocenters. The van der Waals surface area contributed by atoms with Crippen LogP contribution < -0.4 is 0 Å². The van der Waals surface area contributed by atoms with Crippen LogP contribution in [0.25, 0.3) is 0 Å². The zero-order valence-corrected chi connectivity index (χ0v) is 6.32. The number of rotatable bonds is 4. The van der Waals surface area contributed by atoms with Gasteiger partial charge in [0.1, 0.15) is 0 Å². The van der Waals surface area contributed by atoms with Gasteiger partial charge in [0, 0.05) is 5.92 Å². The van der Waals surface area contributed by atoms with Crippen molar-refractivity contribution in [2.75, 3.05) is 6.54 Å². The Labute approximate surface area is 65.5 Å². The molecule has 0 amide bonds. The Hall–Kier alpha value is -0.990. The van der Waals surface area contributed by atoms with E-state index in [1.807, 2.05) is 0 Å². The van der Waals surface area contributed by atoms with Crippen molar-refractivity contribution >= 4 is 5.78 Å². The van der Waals surface area contributed by atoms with Crippen molar-refractivity contribution in [1.29, 1.82) is 0 Å². The molecule has 0 radical (unpaired) electrons. The first-order chi connectivity index (χ1) is 5.29. The zero-order chi connectivity index (χ0) is 8.27. The molecule has 0 aromatic heterocycles. The number of hydrogen-bond acceptors (Lipinski definition) is 3. The molecule has 0 aromatic carbocycles. The minimum atomic E-state index is 0.0326. The molecular weight excluding hydrogens is 142 g/mol. The lowest BCUT2D eigenvalue weighted by Crippen LogP contribution is -2.33. The molecule has 0 spiro atoms. The summed E-state index contributed by atoms with van der Waals surface area (Å²) in [4.78, 5) is 20.9. The maximum absolute atomic E-state index is 11.0. The average molecular weight is 153 g/mol. The van der Waals surface area contributed by atoms with Crippen molar-refractivity contribution < 1.29 is 4.79 Å². The van der Waals surface area contributed by atoms with Crippen molar-refractivity contribution in [3.63, 3.8) is 0 Å². The number of carbonyl (C=O) groups excluding carboxylic acids is 1. The molecule has 3 heteroatoms. The normalized spacial score (nSPS) is 28.7. The van der Waals surface area contributed by atoms with Gasteiger partial charge in [0.05, 0.1) is 6.54 Å². The number of allylic oxidation sites excluding steroid dienone is 1. The molecule has 0 heterocycles. The summed E-state index contributed by atoms with van der Waals surface area (Å²) in [6.45, 7) is 3.68. The molecule has 0 bridgehead atoms. The summed E-state index contributed by atoms with van der Waals surface area (Å²) in [7, 11) is 0. The van der Waals surface area contributed by atoms with Gasteiger partial charge < -0.3 is 0 Å². The molecule has 1 saturated carbocycles. The second kappa shape index (κ2) is 3.42. The Morgan fingerprint density at radius 3 is 2.73 bits per heavy atom. The van der Waals surface area contributed by atoms with Crippen LogP contribution in [0.3, 0.4) is 0 Å². The van der Waals surface area contributed by atoms with Crippen molar-refractivity contribution in [3.05, 3.63) is 17.6 Å². The SMILES string of the molecule is C=CC(=O)[C@H]1CC[C@H]1CN=O. The van der Waals surface area contributed by atoms with Gasteiger partial charge in [-0.05, 0) is 24.8 Å². The highest BCUT2D eigenvalue weighted by Crippen LogP contribution is 2.35. The Morgan fingerprint density at radius 1 is 1.64 bits per heavy atom. The molecule has 0 unspecified atom stereocenters. The van der Waals surface area contributed by atoms with Crippen LogP contribution in [0.2, 0.25) is 0 Å². The Bertz CT molecular complexity index is 189. The summed E-state index contributed by atoms with van der Waals surface area (Å²) in [5, 5.41) is 2.79. The molecule has 1 fully saturated rings. The van der Waals surface area contributed by atoms with Crippen LogP contribution in [0.1, 0.15) is 12.8 Å². The Kier molecular flexibility index (Phi) is 2.52. The summed E-state index contributed by atoms with van der Waals surface area (Å²) < 4.78 is 0. The largest absolute Gasteiger partial charge is 0.295 e.